The molecule has 0 heterocycles. The van der Waals surface area contributed by atoms with Crippen molar-refractivity contribution in [1.29, 1.82) is 0 Å². The maximum Gasteiger partial charge on any atom is 0.183 e. The minimum absolute atomic E-state index is 0.0527. The monoisotopic (exact) mass is 160 g/mol. The van der Waals surface area contributed by atoms with Crippen molar-refractivity contribution in [2.24, 2.45) is 0 Å². The molecule has 0 saturated carbocycles. The molecule has 0 radical (unpaired) electrons. The van der Waals surface area contributed by atoms with Crippen LogP contribution in [0.5, 0.6) is 5.75 Å². The van der Waals surface area contributed by atoms with Gasteiger partial charge in [-0.15, -0.1) is 0 Å². The Morgan fingerprint density at radius 3 is 2.60 bits per heavy atom. The normalized spacial score (nSPS) is 9.90. The van der Waals surface area contributed by atoms with Crippen LogP contribution in [0.1, 0.15) is 5.56 Å². The Hall–Kier alpha value is -0.760. The fraction of sp³-hybridized carbons (Fsp3) is 0.143. The van der Waals surface area contributed by atoms with Crippen molar-refractivity contribution in [1.82, 2.24) is 0 Å². The van der Waals surface area contributed by atoms with Crippen molar-refractivity contribution in [2.45, 2.75) is 6.92 Å². The lowest BCUT2D eigenvalue weighted by atomic mass is 10.2. The van der Waals surface area contributed by atoms with Crippen molar-refractivity contribution >= 4 is 11.6 Å². The standard InChI is InChI=1S/C7H6ClFO/c1-4-2-3-5(8)6(9)7(4)10/h2-3,10H,1H3. The first-order chi connectivity index (χ1) is 4.63. The summed E-state index contributed by atoms with van der Waals surface area (Å²) in [6, 6.07) is 2.96. The Kier molecular flexibility index (Phi) is 1.81. The lowest BCUT2D eigenvalue weighted by molar-refractivity contribution is 0.428. The first-order valence-electron chi connectivity index (χ1n) is 2.76. The van der Waals surface area contributed by atoms with Gasteiger partial charge in [0.2, 0.25) is 0 Å². The van der Waals surface area contributed by atoms with E-state index in [0.717, 1.165) is 0 Å². The van der Waals surface area contributed by atoms with Gasteiger partial charge in [0.25, 0.3) is 0 Å². The van der Waals surface area contributed by atoms with Gasteiger partial charge in [-0.05, 0) is 18.6 Å². The van der Waals surface area contributed by atoms with Gasteiger partial charge in [0.15, 0.2) is 11.6 Å². The molecule has 1 N–H and O–H groups in total. The third-order valence-electron chi connectivity index (χ3n) is 1.27. The van der Waals surface area contributed by atoms with Crippen molar-refractivity contribution in [3.8, 4) is 5.75 Å². The Balaban J connectivity index is 3.34. The molecule has 0 spiro atoms. The molecule has 3 heteroatoms. The molecule has 54 valence electrons. The summed E-state index contributed by atoms with van der Waals surface area (Å²) in [5, 5.41) is 8.88. The predicted octanol–water partition coefficient (Wildman–Crippen LogP) is 2.49. The van der Waals surface area contributed by atoms with Crippen LogP contribution in [0.25, 0.3) is 0 Å². The Bertz CT molecular complexity index is 233. The van der Waals surface area contributed by atoms with E-state index in [2.05, 4.69) is 0 Å². The Morgan fingerprint density at radius 1 is 1.50 bits per heavy atom. The topological polar surface area (TPSA) is 20.2 Å². The molecule has 1 rings (SSSR count). The molecule has 0 fully saturated rings. The molecule has 0 bridgehead atoms. The lowest BCUT2D eigenvalue weighted by Gasteiger charge is -1.99. The van der Waals surface area contributed by atoms with Crippen molar-refractivity contribution in [3.63, 3.8) is 0 Å². The van der Waals surface area contributed by atoms with Gasteiger partial charge in [-0.3, -0.25) is 0 Å². The number of phenolic OH excluding ortho intramolecular Hbond substituents is 1. The second kappa shape index (κ2) is 2.46. The van der Waals surface area contributed by atoms with Gasteiger partial charge >= 0.3 is 0 Å². The molecular formula is C7H6ClFO. The second-order valence-electron chi connectivity index (χ2n) is 2.03. The highest BCUT2D eigenvalue weighted by molar-refractivity contribution is 6.30. The number of phenols is 1. The molecule has 1 aromatic rings. The van der Waals surface area contributed by atoms with E-state index in [0.29, 0.717) is 5.56 Å². The fourth-order valence-corrected chi connectivity index (χ4v) is 0.789. The summed E-state index contributed by atoms with van der Waals surface area (Å²) in [6.07, 6.45) is 0. The van der Waals surface area contributed by atoms with E-state index in [1.807, 2.05) is 0 Å². The Labute approximate surface area is 63.1 Å². The number of aryl methyl sites for hydroxylation is 1. The van der Waals surface area contributed by atoms with Gasteiger partial charge < -0.3 is 5.11 Å². The number of hydrogen-bond acceptors (Lipinski definition) is 1. The first kappa shape index (κ1) is 7.35. The van der Waals surface area contributed by atoms with E-state index < -0.39 is 5.82 Å². The van der Waals surface area contributed by atoms with Gasteiger partial charge in [-0.25, -0.2) is 4.39 Å². The minimum atomic E-state index is -0.748. The molecule has 0 atom stereocenters. The molecule has 10 heavy (non-hydrogen) atoms. The van der Waals surface area contributed by atoms with Crippen LogP contribution in [0, 0.1) is 12.7 Å². The van der Waals surface area contributed by atoms with E-state index in [1.54, 1.807) is 13.0 Å². The summed E-state index contributed by atoms with van der Waals surface area (Å²) in [7, 11) is 0. The summed E-state index contributed by atoms with van der Waals surface area (Å²) in [5.74, 6) is -1.12. The summed E-state index contributed by atoms with van der Waals surface area (Å²) >= 11 is 5.35. The van der Waals surface area contributed by atoms with Crippen LogP contribution in [-0.2, 0) is 0 Å². The van der Waals surface area contributed by atoms with E-state index in [1.165, 1.54) is 6.07 Å². The molecule has 0 aliphatic heterocycles. The summed E-state index contributed by atoms with van der Waals surface area (Å²) in [4.78, 5) is 0. The van der Waals surface area contributed by atoms with Gasteiger partial charge in [-0.2, -0.15) is 0 Å². The number of aromatic hydroxyl groups is 1. The molecule has 0 unspecified atom stereocenters. The maximum atomic E-state index is 12.6. The predicted molar refractivity (Wildman–Crippen MR) is 37.8 cm³/mol. The molecule has 0 saturated heterocycles. The van der Waals surface area contributed by atoms with Crippen LogP contribution in [0.2, 0.25) is 5.02 Å². The molecule has 0 aromatic heterocycles. The number of rotatable bonds is 0. The van der Waals surface area contributed by atoms with Gasteiger partial charge in [0, 0.05) is 0 Å². The van der Waals surface area contributed by atoms with E-state index in [-0.39, 0.29) is 10.8 Å². The zero-order valence-electron chi connectivity index (χ0n) is 5.36. The lowest BCUT2D eigenvalue weighted by Crippen LogP contribution is -1.81. The highest BCUT2D eigenvalue weighted by Gasteiger charge is 2.06. The van der Waals surface area contributed by atoms with Crippen molar-refractivity contribution in [3.05, 3.63) is 28.5 Å². The van der Waals surface area contributed by atoms with Crippen molar-refractivity contribution in [2.75, 3.05) is 0 Å². The first-order valence-corrected chi connectivity index (χ1v) is 3.14. The van der Waals surface area contributed by atoms with Crippen LogP contribution >= 0.6 is 11.6 Å². The molecule has 1 nitrogen and oxygen atoms in total. The van der Waals surface area contributed by atoms with Gasteiger partial charge in [0.05, 0.1) is 5.02 Å². The zero-order valence-corrected chi connectivity index (χ0v) is 6.11. The highest BCUT2D eigenvalue weighted by Crippen LogP contribution is 2.26. The molecule has 0 aliphatic carbocycles. The average Bonchev–Trinajstić information content (AvgIpc) is 1.93. The minimum Gasteiger partial charge on any atom is -0.505 e. The fourth-order valence-electron chi connectivity index (χ4n) is 0.636. The molecule has 0 amide bonds. The van der Waals surface area contributed by atoms with Crippen LogP contribution < -0.4 is 0 Å². The van der Waals surface area contributed by atoms with E-state index in [4.69, 9.17) is 16.7 Å². The molecule has 1 aromatic carbocycles. The smallest absolute Gasteiger partial charge is 0.183 e. The third kappa shape index (κ3) is 1.07. The largest absolute Gasteiger partial charge is 0.505 e. The van der Waals surface area contributed by atoms with Gasteiger partial charge in [-0.1, -0.05) is 17.7 Å². The van der Waals surface area contributed by atoms with Gasteiger partial charge in [0.1, 0.15) is 0 Å². The summed E-state index contributed by atoms with van der Waals surface area (Å²) < 4.78 is 12.6. The highest BCUT2D eigenvalue weighted by atomic mass is 35.5. The Morgan fingerprint density at radius 2 is 2.10 bits per heavy atom. The van der Waals surface area contributed by atoms with E-state index in [9.17, 15) is 4.39 Å². The van der Waals surface area contributed by atoms with Crippen LogP contribution in [0.3, 0.4) is 0 Å². The zero-order chi connectivity index (χ0) is 7.72. The van der Waals surface area contributed by atoms with Crippen molar-refractivity contribution < 1.29 is 9.50 Å². The van der Waals surface area contributed by atoms with E-state index >= 15 is 0 Å². The number of benzene rings is 1. The van der Waals surface area contributed by atoms with Crippen LogP contribution in [0.15, 0.2) is 12.1 Å². The molecule has 0 aliphatic rings. The quantitative estimate of drug-likeness (QED) is 0.618. The summed E-state index contributed by atoms with van der Waals surface area (Å²) in [5.41, 5.74) is 0.488. The third-order valence-corrected chi connectivity index (χ3v) is 1.56. The second-order valence-corrected chi connectivity index (χ2v) is 2.43. The molecular weight excluding hydrogens is 155 g/mol. The average molecular weight is 161 g/mol. The SMILES string of the molecule is Cc1ccc(Cl)c(F)c1O. The maximum absolute atomic E-state index is 12.6. The number of halogens is 2. The van der Waals surface area contributed by atoms with Crippen LogP contribution in [-0.4, -0.2) is 5.11 Å². The summed E-state index contributed by atoms with van der Waals surface area (Å²) in [6.45, 7) is 1.61. The van der Waals surface area contributed by atoms with Crippen LogP contribution in [0.4, 0.5) is 4.39 Å². The number of hydrogen-bond donors (Lipinski definition) is 1.